The molecule has 0 unspecified atom stereocenters. The lowest BCUT2D eigenvalue weighted by molar-refractivity contribution is 0.278. The number of fused-ring (bicyclic) bond motifs is 1. The van der Waals surface area contributed by atoms with Crippen LogP contribution in [0.1, 0.15) is 31.7 Å². The molecule has 0 aromatic carbocycles. The molecule has 0 amide bonds. The van der Waals surface area contributed by atoms with Crippen molar-refractivity contribution < 1.29 is 4.74 Å². The van der Waals surface area contributed by atoms with Crippen LogP contribution in [0.25, 0.3) is 0 Å². The van der Waals surface area contributed by atoms with Crippen LogP contribution in [0.4, 0.5) is 0 Å². The Balaban J connectivity index is 2.25. The lowest BCUT2D eigenvalue weighted by atomic mass is 10.1. The Kier molecular flexibility index (Phi) is 3.49. The molecule has 16 heavy (non-hydrogen) atoms. The second-order valence-electron chi connectivity index (χ2n) is 4.37. The second-order valence-corrected chi connectivity index (χ2v) is 4.37. The topological polar surface area (TPSA) is 30.3 Å². The molecule has 0 spiro atoms. The van der Waals surface area contributed by atoms with Gasteiger partial charge in [0, 0.05) is 31.7 Å². The molecule has 1 aliphatic heterocycles. The van der Waals surface area contributed by atoms with Gasteiger partial charge in [0.05, 0.1) is 12.3 Å². The first-order valence-corrected chi connectivity index (χ1v) is 6.15. The molecule has 4 heteroatoms. The highest BCUT2D eigenvalue weighted by Gasteiger charge is 2.22. The van der Waals surface area contributed by atoms with E-state index in [2.05, 4.69) is 35.3 Å². The highest BCUT2D eigenvalue weighted by atomic mass is 16.5. The number of imidazole rings is 1. The molecule has 4 nitrogen and oxygen atoms in total. The average Bonchev–Trinajstić information content (AvgIpc) is 2.62. The fourth-order valence-electron chi connectivity index (χ4n) is 2.18. The van der Waals surface area contributed by atoms with E-state index in [9.17, 15) is 0 Å². The maximum atomic E-state index is 5.70. The van der Waals surface area contributed by atoms with E-state index in [1.54, 1.807) is 0 Å². The van der Waals surface area contributed by atoms with Gasteiger partial charge in [-0.05, 0) is 20.4 Å². The van der Waals surface area contributed by atoms with E-state index in [4.69, 9.17) is 4.74 Å². The monoisotopic (exact) mass is 223 g/mol. The highest BCUT2D eigenvalue weighted by Crippen LogP contribution is 2.23. The fourth-order valence-corrected chi connectivity index (χ4v) is 2.18. The summed E-state index contributed by atoms with van der Waals surface area (Å²) in [4.78, 5) is 6.91. The van der Waals surface area contributed by atoms with E-state index in [1.807, 2.05) is 0 Å². The molecular weight excluding hydrogens is 202 g/mol. The molecule has 0 bridgehead atoms. The van der Waals surface area contributed by atoms with E-state index in [-0.39, 0.29) is 0 Å². The lowest BCUT2D eigenvalue weighted by Crippen LogP contribution is -2.27. The Bertz CT molecular complexity index is 359. The van der Waals surface area contributed by atoms with Crippen molar-refractivity contribution in [3.05, 3.63) is 11.4 Å². The van der Waals surface area contributed by atoms with Crippen molar-refractivity contribution in [1.29, 1.82) is 0 Å². The average molecular weight is 223 g/mol. The van der Waals surface area contributed by atoms with Gasteiger partial charge in [0.1, 0.15) is 0 Å². The zero-order chi connectivity index (χ0) is 11.5. The third-order valence-corrected chi connectivity index (χ3v) is 3.02. The van der Waals surface area contributed by atoms with E-state index >= 15 is 0 Å². The molecule has 1 aromatic rings. The Morgan fingerprint density at radius 2 is 2.19 bits per heavy atom. The first-order valence-electron chi connectivity index (χ1n) is 6.15. The van der Waals surface area contributed by atoms with Gasteiger partial charge in [0.25, 0.3) is 6.01 Å². The molecule has 1 aromatic heterocycles. The van der Waals surface area contributed by atoms with Gasteiger partial charge in [-0.25, -0.2) is 0 Å². The molecule has 2 heterocycles. The van der Waals surface area contributed by atoms with Gasteiger partial charge in [-0.2, -0.15) is 4.98 Å². The molecule has 0 fully saturated rings. The van der Waals surface area contributed by atoms with Gasteiger partial charge < -0.3 is 9.64 Å². The quantitative estimate of drug-likeness (QED) is 0.778. The summed E-state index contributed by atoms with van der Waals surface area (Å²) in [5, 5.41) is 0. The minimum absolute atomic E-state index is 0.756. The van der Waals surface area contributed by atoms with Crippen molar-refractivity contribution in [1.82, 2.24) is 14.5 Å². The maximum Gasteiger partial charge on any atom is 0.296 e. The molecule has 0 aliphatic carbocycles. The van der Waals surface area contributed by atoms with Crippen molar-refractivity contribution in [3.8, 4) is 6.01 Å². The van der Waals surface area contributed by atoms with Gasteiger partial charge in [-0.15, -0.1) is 0 Å². The smallest absolute Gasteiger partial charge is 0.296 e. The molecule has 0 N–H and O–H groups in total. The van der Waals surface area contributed by atoms with Gasteiger partial charge in [-0.3, -0.25) is 4.57 Å². The predicted molar refractivity (Wildman–Crippen MR) is 63.7 cm³/mol. The summed E-state index contributed by atoms with van der Waals surface area (Å²) >= 11 is 0. The normalized spacial score (nSPS) is 16.2. The second kappa shape index (κ2) is 4.87. The van der Waals surface area contributed by atoms with E-state index < -0.39 is 0 Å². The molecule has 0 radical (unpaired) electrons. The van der Waals surface area contributed by atoms with Crippen LogP contribution in [0.15, 0.2) is 0 Å². The number of ether oxygens (including phenoxy) is 1. The number of hydrogen-bond acceptors (Lipinski definition) is 3. The number of aromatic nitrogens is 2. The van der Waals surface area contributed by atoms with Crippen LogP contribution in [-0.2, 0) is 19.5 Å². The van der Waals surface area contributed by atoms with Crippen LogP contribution in [-0.4, -0.2) is 34.7 Å². The number of nitrogens with zero attached hydrogens (tertiary/aromatic N) is 3. The summed E-state index contributed by atoms with van der Waals surface area (Å²) in [6.07, 6.45) is 2.11. The molecule has 2 rings (SSSR count). The summed E-state index contributed by atoms with van der Waals surface area (Å²) < 4.78 is 7.92. The molecule has 0 atom stereocenters. The van der Waals surface area contributed by atoms with Crippen LogP contribution >= 0.6 is 0 Å². The Labute approximate surface area is 97.2 Å². The Hall–Kier alpha value is -1.03. The summed E-state index contributed by atoms with van der Waals surface area (Å²) in [5.74, 6) is 0. The van der Waals surface area contributed by atoms with Gasteiger partial charge >= 0.3 is 0 Å². The zero-order valence-corrected chi connectivity index (χ0v) is 10.5. The van der Waals surface area contributed by atoms with Crippen molar-refractivity contribution in [2.75, 3.05) is 20.2 Å². The largest absolute Gasteiger partial charge is 0.465 e. The minimum atomic E-state index is 0.756. The van der Waals surface area contributed by atoms with Crippen LogP contribution < -0.4 is 4.74 Å². The Morgan fingerprint density at radius 1 is 1.38 bits per heavy atom. The van der Waals surface area contributed by atoms with Gasteiger partial charge in [-0.1, -0.05) is 6.92 Å². The minimum Gasteiger partial charge on any atom is -0.465 e. The van der Waals surface area contributed by atoms with Gasteiger partial charge in [0.2, 0.25) is 0 Å². The van der Waals surface area contributed by atoms with Crippen molar-refractivity contribution in [2.45, 2.75) is 39.8 Å². The van der Waals surface area contributed by atoms with E-state index in [0.717, 1.165) is 45.1 Å². The molecular formula is C12H21N3O. The van der Waals surface area contributed by atoms with E-state index in [0.29, 0.717) is 0 Å². The summed E-state index contributed by atoms with van der Waals surface area (Å²) in [5.41, 5.74) is 2.56. The van der Waals surface area contributed by atoms with Crippen molar-refractivity contribution >= 4 is 0 Å². The highest BCUT2D eigenvalue weighted by molar-refractivity contribution is 5.23. The molecule has 0 saturated carbocycles. The molecule has 0 saturated heterocycles. The first-order chi connectivity index (χ1) is 7.76. The number of likely N-dealkylation sites (N-methyl/N-ethyl adjacent to an activating group) is 1. The molecule has 90 valence electrons. The zero-order valence-electron chi connectivity index (χ0n) is 10.5. The third-order valence-electron chi connectivity index (χ3n) is 3.02. The van der Waals surface area contributed by atoms with Crippen LogP contribution in [0.3, 0.4) is 0 Å². The molecule has 1 aliphatic rings. The summed E-state index contributed by atoms with van der Waals surface area (Å²) in [6.45, 7) is 8.04. The van der Waals surface area contributed by atoms with Gasteiger partial charge in [0.15, 0.2) is 0 Å². The Morgan fingerprint density at radius 3 is 2.88 bits per heavy atom. The standard InChI is InChI=1S/C12H21N3O/c1-4-8-16-12-13-10-9-14(3)7-6-11(10)15(12)5-2/h4-9H2,1-3H3. The van der Waals surface area contributed by atoms with Crippen molar-refractivity contribution in [3.63, 3.8) is 0 Å². The van der Waals surface area contributed by atoms with Crippen molar-refractivity contribution in [2.24, 2.45) is 0 Å². The SMILES string of the molecule is CCCOc1nc2c(n1CC)CCN(C)C2. The summed E-state index contributed by atoms with van der Waals surface area (Å²) in [6, 6.07) is 0.810. The number of rotatable bonds is 4. The predicted octanol–water partition coefficient (Wildman–Crippen LogP) is 1.68. The summed E-state index contributed by atoms with van der Waals surface area (Å²) in [7, 11) is 2.14. The van der Waals surface area contributed by atoms with Crippen LogP contribution in [0.5, 0.6) is 6.01 Å². The maximum absolute atomic E-state index is 5.70. The third kappa shape index (κ3) is 2.07. The van der Waals surface area contributed by atoms with Crippen LogP contribution in [0.2, 0.25) is 0 Å². The fraction of sp³-hybridized carbons (Fsp3) is 0.750. The van der Waals surface area contributed by atoms with Crippen LogP contribution in [0, 0.1) is 0 Å². The van der Waals surface area contributed by atoms with E-state index in [1.165, 1.54) is 11.4 Å². The first kappa shape index (κ1) is 11.5. The lowest BCUT2D eigenvalue weighted by Gasteiger charge is -2.22. The number of hydrogen-bond donors (Lipinski definition) is 0.